The van der Waals surface area contributed by atoms with Gasteiger partial charge in [0.1, 0.15) is 5.75 Å². The van der Waals surface area contributed by atoms with E-state index < -0.39 is 23.5 Å². The van der Waals surface area contributed by atoms with Crippen LogP contribution in [-0.2, 0) is 31.6 Å². The average Bonchev–Trinajstić information content (AvgIpc) is 3.10. The fraction of sp³-hybridized carbons (Fsp3) is 0.571. The summed E-state index contributed by atoms with van der Waals surface area (Å²) >= 11 is 0. The number of aromatic hydroxyl groups is 1. The Kier molecular flexibility index (Phi) is 14.3. The summed E-state index contributed by atoms with van der Waals surface area (Å²) in [6.45, 7) is 14.3. The number of phenolic OH excluding ortho intramolecular Hbond substituents is 1. The molecule has 53 heavy (non-hydrogen) atoms. The Bertz CT molecular complexity index is 1530. The first kappa shape index (κ1) is 41.1. The van der Waals surface area contributed by atoms with Crippen LogP contribution in [0.5, 0.6) is 5.75 Å². The third kappa shape index (κ3) is 12.5. The summed E-state index contributed by atoms with van der Waals surface area (Å²) in [6.07, 6.45) is -4.68. The minimum absolute atomic E-state index is 0.0550. The molecule has 2 saturated heterocycles. The van der Waals surface area contributed by atoms with Crippen LogP contribution in [0, 0.1) is 5.92 Å². The van der Waals surface area contributed by atoms with Gasteiger partial charge in [0.15, 0.2) is 0 Å². The van der Waals surface area contributed by atoms with Crippen LogP contribution in [0.25, 0.3) is 0 Å². The second-order valence-corrected chi connectivity index (χ2v) is 15.6. The number of hydrogen-bond donors (Lipinski definition) is 2. The Morgan fingerprint density at radius 1 is 0.736 bits per heavy atom. The standard InChI is InChI=1S/C42H56F6N4O/c1-30(2)22-32-7-11-35(12-8-32)31(3)28-52-21-20-50(29-39(52)25-33-9-13-40(53)14-10-33)17-5-4-6-38-27-49-16-19-51(38)18-15-34-23-36(41(43,44)45)26-37(24-34)42(46,47)48/h7-14,23-24,26,30-31,38-39,49,53H,4-6,15-22,25,27-29H2,1-3H3/t31?,38?,39-/m0/s1. The van der Waals surface area contributed by atoms with Gasteiger partial charge in [0, 0.05) is 64.4 Å². The third-order valence-corrected chi connectivity index (χ3v) is 10.9. The van der Waals surface area contributed by atoms with Crippen molar-refractivity contribution in [2.45, 2.75) is 89.7 Å². The highest BCUT2D eigenvalue weighted by molar-refractivity contribution is 5.34. The van der Waals surface area contributed by atoms with E-state index in [-0.39, 0.29) is 29.8 Å². The van der Waals surface area contributed by atoms with Crippen molar-refractivity contribution in [2.24, 2.45) is 5.92 Å². The third-order valence-electron chi connectivity index (χ3n) is 10.9. The first-order valence-corrected chi connectivity index (χ1v) is 19.2. The zero-order valence-corrected chi connectivity index (χ0v) is 31.3. The molecule has 0 bridgehead atoms. The fourth-order valence-electron chi connectivity index (χ4n) is 7.94. The van der Waals surface area contributed by atoms with E-state index in [0.717, 1.165) is 90.1 Å². The number of unbranched alkanes of at least 4 members (excludes halogenated alkanes) is 1. The molecule has 5 rings (SSSR count). The highest BCUT2D eigenvalue weighted by atomic mass is 19.4. The number of benzene rings is 3. The molecule has 0 amide bonds. The van der Waals surface area contributed by atoms with Crippen LogP contribution in [-0.4, -0.2) is 90.8 Å². The lowest BCUT2D eigenvalue weighted by atomic mass is 9.94. The molecule has 292 valence electrons. The van der Waals surface area contributed by atoms with Crippen LogP contribution >= 0.6 is 0 Å². The van der Waals surface area contributed by atoms with E-state index in [2.05, 4.69) is 65.1 Å². The van der Waals surface area contributed by atoms with Crippen LogP contribution in [0.3, 0.4) is 0 Å². The van der Waals surface area contributed by atoms with Gasteiger partial charge in [-0.3, -0.25) is 9.80 Å². The van der Waals surface area contributed by atoms with Crippen molar-refractivity contribution in [3.05, 3.63) is 100 Å². The van der Waals surface area contributed by atoms with E-state index in [1.807, 2.05) is 12.1 Å². The molecule has 3 aromatic rings. The van der Waals surface area contributed by atoms with Gasteiger partial charge in [0.05, 0.1) is 11.1 Å². The van der Waals surface area contributed by atoms with E-state index in [1.54, 1.807) is 12.1 Å². The van der Waals surface area contributed by atoms with Crippen molar-refractivity contribution < 1.29 is 31.4 Å². The number of hydrogen-bond acceptors (Lipinski definition) is 5. The van der Waals surface area contributed by atoms with Gasteiger partial charge < -0.3 is 15.3 Å². The van der Waals surface area contributed by atoms with Gasteiger partial charge in [0.25, 0.3) is 0 Å². The molecule has 2 aliphatic heterocycles. The summed E-state index contributed by atoms with van der Waals surface area (Å²) in [5.41, 5.74) is 1.48. The zero-order chi connectivity index (χ0) is 38.2. The smallest absolute Gasteiger partial charge is 0.416 e. The Labute approximate surface area is 311 Å². The second-order valence-electron chi connectivity index (χ2n) is 15.6. The molecule has 2 fully saturated rings. The normalized spacial score (nSPS) is 20.3. The summed E-state index contributed by atoms with van der Waals surface area (Å²) in [5, 5.41) is 13.3. The van der Waals surface area contributed by atoms with Gasteiger partial charge in [-0.15, -0.1) is 0 Å². The summed E-state index contributed by atoms with van der Waals surface area (Å²) in [5.74, 6) is 1.29. The predicted molar refractivity (Wildman–Crippen MR) is 199 cm³/mol. The Hall–Kier alpha value is -3.12. The number of nitrogens with one attached hydrogen (secondary N) is 1. The Balaban J connectivity index is 1.14. The first-order chi connectivity index (χ1) is 25.1. The molecular weight excluding hydrogens is 690 g/mol. The zero-order valence-electron chi connectivity index (χ0n) is 31.3. The number of rotatable bonds is 15. The van der Waals surface area contributed by atoms with Crippen LogP contribution < -0.4 is 5.32 Å². The molecule has 2 heterocycles. The first-order valence-electron chi connectivity index (χ1n) is 19.2. The molecule has 3 atom stereocenters. The van der Waals surface area contributed by atoms with Crippen molar-refractivity contribution in [3.8, 4) is 5.75 Å². The van der Waals surface area contributed by atoms with Crippen LogP contribution in [0.1, 0.15) is 79.3 Å². The molecule has 11 heteroatoms. The Morgan fingerprint density at radius 3 is 2.04 bits per heavy atom. The maximum atomic E-state index is 13.4. The molecule has 2 N–H and O–H groups in total. The summed E-state index contributed by atoms with van der Waals surface area (Å²) in [6, 6.07) is 19.0. The lowest BCUT2D eigenvalue weighted by molar-refractivity contribution is -0.143. The van der Waals surface area contributed by atoms with E-state index in [9.17, 15) is 31.4 Å². The number of piperazine rings is 2. The number of phenols is 1. The number of halogens is 6. The average molecular weight is 747 g/mol. The highest BCUT2D eigenvalue weighted by Gasteiger charge is 2.37. The van der Waals surface area contributed by atoms with Gasteiger partial charge in [-0.05, 0) is 103 Å². The predicted octanol–water partition coefficient (Wildman–Crippen LogP) is 8.65. The molecule has 0 saturated carbocycles. The molecule has 3 aromatic carbocycles. The molecule has 0 aliphatic carbocycles. The van der Waals surface area contributed by atoms with Gasteiger partial charge in [-0.25, -0.2) is 0 Å². The quantitative estimate of drug-likeness (QED) is 0.121. The van der Waals surface area contributed by atoms with Crippen LogP contribution in [0.15, 0.2) is 66.7 Å². The van der Waals surface area contributed by atoms with Crippen molar-refractivity contribution >= 4 is 0 Å². The topological polar surface area (TPSA) is 42.0 Å². The number of alkyl halides is 6. The number of nitrogens with zero attached hydrogens (tertiary/aromatic N) is 3. The summed E-state index contributed by atoms with van der Waals surface area (Å²) in [4.78, 5) is 7.40. The molecular formula is C42H56F6N4O. The van der Waals surface area contributed by atoms with Crippen molar-refractivity contribution in [3.63, 3.8) is 0 Å². The van der Waals surface area contributed by atoms with Crippen LogP contribution in [0.2, 0.25) is 0 Å². The van der Waals surface area contributed by atoms with E-state index in [0.29, 0.717) is 31.0 Å². The van der Waals surface area contributed by atoms with Gasteiger partial charge in [-0.1, -0.05) is 63.6 Å². The largest absolute Gasteiger partial charge is 0.508 e. The lowest BCUT2D eigenvalue weighted by Gasteiger charge is -2.43. The van der Waals surface area contributed by atoms with E-state index >= 15 is 0 Å². The van der Waals surface area contributed by atoms with Gasteiger partial charge >= 0.3 is 12.4 Å². The second kappa shape index (κ2) is 18.5. The summed E-state index contributed by atoms with van der Waals surface area (Å²) < 4.78 is 80.4. The highest BCUT2D eigenvalue weighted by Crippen LogP contribution is 2.36. The van der Waals surface area contributed by atoms with E-state index in [1.165, 1.54) is 16.7 Å². The van der Waals surface area contributed by atoms with E-state index in [4.69, 9.17) is 0 Å². The monoisotopic (exact) mass is 746 g/mol. The maximum Gasteiger partial charge on any atom is 0.416 e. The minimum Gasteiger partial charge on any atom is -0.508 e. The minimum atomic E-state index is -4.84. The van der Waals surface area contributed by atoms with Crippen molar-refractivity contribution in [2.75, 3.05) is 58.9 Å². The molecule has 2 unspecified atom stereocenters. The van der Waals surface area contributed by atoms with Gasteiger partial charge in [-0.2, -0.15) is 26.3 Å². The van der Waals surface area contributed by atoms with Crippen molar-refractivity contribution in [1.82, 2.24) is 20.0 Å². The maximum absolute atomic E-state index is 13.4. The molecule has 2 aliphatic rings. The summed E-state index contributed by atoms with van der Waals surface area (Å²) in [7, 11) is 0. The van der Waals surface area contributed by atoms with Gasteiger partial charge in [0.2, 0.25) is 0 Å². The molecule has 0 radical (unpaired) electrons. The Morgan fingerprint density at radius 2 is 1.40 bits per heavy atom. The molecule has 0 aromatic heterocycles. The molecule has 5 nitrogen and oxygen atoms in total. The van der Waals surface area contributed by atoms with Crippen LogP contribution in [0.4, 0.5) is 26.3 Å². The van der Waals surface area contributed by atoms with Crippen molar-refractivity contribution in [1.29, 1.82) is 0 Å². The fourth-order valence-corrected chi connectivity index (χ4v) is 7.94. The SMILES string of the molecule is CC(C)Cc1ccc(C(C)CN2CCN(CCCCC3CNCCN3CCc3cc(C(F)(F)F)cc(C(F)(F)F)c3)C[C@@H]2Cc2ccc(O)cc2)cc1. The lowest BCUT2D eigenvalue weighted by Crippen LogP contribution is -2.55. The molecule has 0 spiro atoms.